The van der Waals surface area contributed by atoms with Gasteiger partial charge in [-0.15, -0.1) is 0 Å². The smallest absolute Gasteiger partial charge is 0.256 e. The van der Waals surface area contributed by atoms with E-state index >= 15 is 0 Å². The second kappa shape index (κ2) is 6.10. The number of para-hydroxylation sites is 1. The van der Waals surface area contributed by atoms with Crippen molar-refractivity contribution < 1.29 is 9.53 Å². The fourth-order valence-corrected chi connectivity index (χ4v) is 2.68. The van der Waals surface area contributed by atoms with Gasteiger partial charge in [0.2, 0.25) is 0 Å². The molecule has 110 valence electrons. The van der Waals surface area contributed by atoms with Crippen LogP contribution >= 0.6 is 0 Å². The second-order valence-electron chi connectivity index (χ2n) is 5.10. The molecule has 1 aliphatic rings. The van der Waals surface area contributed by atoms with Gasteiger partial charge in [-0.05, 0) is 24.6 Å². The van der Waals surface area contributed by atoms with Crippen LogP contribution in [0.2, 0.25) is 0 Å². The van der Waals surface area contributed by atoms with Crippen LogP contribution < -0.4 is 0 Å². The minimum atomic E-state index is 0.0521. The van der Waals surface area contributed by atoms with Crippen LogP contribution in [0.4, 0.5) is 0 Å². The van der Waals surface area contributed by atoms with Crippen molar-refractivity contribution in [3.63, 3.8) is 0 Å². The van der Waals surface area contributed by atoms with Crippen molar-refractivity contribution >= 4 is 5.91 Å². The van der Waals surface area contributed by atoms with Crippen molar-refractivity contribution in [2.75, 3.05) is 19.8 Å². The molecule has 0 N–H and O–H groups in total. The van der Waals surface area contributed by atoms with Crippen molar-refractivity contribution in [1.82, 2.24) is 14.7 Å². The van der Waals surface area contributed by atoms with Crippen LogP contribution in [0, 0.1) is 0 Å². The zero-order valence-corrected chi connectivity index (χ0v) is 12.1. The lowest BCUT2D eigenvalue weighted by Crippen LogP contribution is -2.48. The zero-order valence-electron chi connectivity index (χ0n) is 12.1. The Bertz CT molecular complexity index is 610. The molecule has 0 radical (unpaired) electrons. The van der Waals surface area contributed by atoms with Gasteiger partial charge in [-0.2, -0.15) is 5.10 Å². The number of aromatic nitrogens is 2. The predicted octanol–water partition coefficient (Wildman–Crippen LogP) is 2.12. The maximum absolute atomic E-state index is 12.9. The molecule has 1 atom stereocenters. The summed E-state index contributed by atoms with van der Waals surface area (Å²) in [5.41, 5.74) is 1.50. The van der Waals surface area contributed by atoms with Crippen LogP contribution in [0.25, 0.3) is 5.69 Å². The molecule has 2 heterocycles. The van der Waals surface area contributed by atoms with Crippen molar-refractivity contribution in [2.45, 2.75) is 19.4 Å². The summed E-state index contributed by atoms with van der Waals surface area (Å²) < 4.78 is 7.21. The minimum Gasteiger partial charge on any atom is -0.377 e. The number of hydrogen-bond acceptors (Lipinski definition) is 3. The number of morpholine rings is 1. The highest BCUT2D eigenvalue weighted by atomic mass is 16.5. The van der Waals surface area contributed by atoms with Gasteiger partial charge in [0, 0.05) is 18.9 Å². The van der Waals surface area contributed by atoms with Gasteiger partial charge in [-0.25, -0.2) is 4.68 Å². The summed E-state index contributed by atoms with van der Waals surface area (Å²) in [6.07, 6.45) is 4.46. The first-order chi connectivity index (χ1) is 10.3. The van der Waals surface area contributed by atoms with Crippen LogP contribution in [-0.4, -0.2) is 46.4 Å². The molecule has 1 aromatic heterocycles. The van der Waals surface area contributed by atoms with E-state index in [4.69, 9.17) is 4.74 Å². The average Bonchev–Trinajstić information content (AvgIpc) is 3.08. The molecule has 1 aromatic carbocycles. The fourth-order valence-electron chi connectivity index (χ4n) is 2.68. The van der Waals surface area contributed by atoms with Crippen molar-refractivity contribution in [3.8, 4) is 5.69 Å². The highest BCUT2D eigenvalue weighted by Crippen LogP contribution is 2.19. The Morgan fingerprint density at radius 2 is 2.24 bits per heavy atom. The van der Waals surface area contributed by atoms with Crippen molar-refractivity contribution in [2.24, 2.45) is 0 Å². The van der Waals surface area contributed by atoms with E-state index in [0.717, 1.165) is 12.1 Å². The molecule has 1 saturated heterocycles. The lowest BCUT2D eigenvalue weighted by molar-refractivity contribution is -0.00280. The van der Waals surface area contributed by atoms with Gasteiger partial charge in [0.25, 0.3) is 5.91 Å². The number of rotatable bonds is 3. The third-order valence-corrected chi connectivity index (χ3v) is 3.85. The highest BCUT2D eigenvalue weighted by molar-refractivity contribution is 5.98. The molecule has 1 amide bonds. The van der Waals surface area contributed by atoms with Gasteiger partial charge >= 0.3 is 0 Å². The molecule has 3 rings (SSSR count). The van der Waals surface area contributed by atoms with Gasteiger partial charge in [0.05, 0.1) is 30.5 Å². The molecule has 5 nitrogen and oxygen atoms in total. The molecule has 1 fully saturated rings. The quantitative estimate of drug-likeness (QED) is 0.868. The number of amides is 1. The van der Waals surface area contributed by atoms with E-state index in [2.05, 4.69) is 12.0 Å². The molecular formula is C16H19N3O2. The van der Waals surface area contributed by atoms with Crippen LogP contribution in [0.5, 0.6) is 0 Å². The SMILES string of the molecule is CCC1COCCN1C(=O)c1ccccc1-n1cccn1. The largest absolute Gasteiger partial charge is 0.377 e. The normalized spacial score (nSPS) is 18.7. The van der Waals surface area contributed by atoms with Gasteiger partial charge in [-0.1, -0.05) is 19.1 Å². The maximum atomic E-state index is 12.9. The highest BCUT2D eigenvalue weighted by Gasteiger charge is 2.28. The van der Waals surface area contributed by atoms with Crippen molar-refractivity contribution in [1.29, 1.82) is 0 Å². The second-order valence-corrected chi connectivity index (χ2v) is 5.10. The molecule has 0 aliphatic carbocycles. The summed E-state index contributed by atoms with van der Waals surface area (Å²) in [6, 6.07) is 9.59. The number of benzene rings is 1. The Morgan fingerprint density at radius 3 is 3.00 bits per heavy atom. The fraction of sp³-hybridized carbons (Fsp3) is 0.375. The molecular weight excluding hydrogens is 266 g/mol. The monoisotopic (exact) mass is 285 g/mol. The van der Waals surface area contributed by atoms with E-state index in [0.29, 0.717) is 25.3 Å². The summed E-state index contributed by atoms with van der Waals surface area (Å²) in [7, 11) is 0. The first-order valence-electron chi connectivity index (χ1n) is 7.29. The number of carbonyl (C=O) groups is 1. The van der Waals surface area contributed by atoms with Crippen LogP contribution in [0.3, 0.4) is 0 Å². The Labute approximate surface area is 124 Å². The van der Waals surface area contributed by atoms with E-state index < -0.39 is 0 Å². The number of carbonyl (C=O) groups excluding carboxylic acids is 1. The van der Waals surface area contributed by atoms with Crippen LogP contribution in [0.15, 0.2) is 42.7 Å². The third kappa shape index (κ3) is 2.69. The lowest BCUT2D eigenvalue weighted by atomic mass is 10.1. The molecule has 0 saturated carbocycles. The zero-order chi connectivity index (χ0) is 14.7. The van der Waals surface area contributed by atoms with E-state index in [1.54, 1.807) is 10.9 Å². The first kappa shape index (κ1) is 13.8. The Kier molecular flexibility index (Phi) is 4.01. The van der Waals surface area contributed by atoms with E-state index in [-0.39, 0.29) is 11.9 Å². The molecule has 0 bridgehead atoms. The Hall–Kier alpha value is -2.14. The molecule has 1 unspecified atom stereocenters. The number of hydrogen-bond donors (Lipinski definition) is 0. The van der Waals surface area contributed by atoms with E-state index in [9.17, 15) is 4.79 Å². The third-order valence-electron chi connectivity index (χ3n) is 3.85. The van der Waals surface area contributed by atoms with Gasteiger partial charge < -0.3 is 9.64 Å². The predicted molar refractivity (Wildman–Crippen MR) is 79.5 cm³/mol. The lowest BCUT2D eigenvalue weighted by Gasteiger charge is -2.35. The van der Waals surface area contributed by atoms with Gasteiger partial charge in [-0.3, -0.25) is 4.79 Å². The number of ether oxygens (including phenoxy) is 1. The molecule has 2 aromatic rings. The van der Waals surface area contributed by atoms with Crippen LogP contribution in [-0.2, 0) is 4.74 Å². The maximum Gasteiger partial charge on any atom is 0.256 e. The summed E-state index contributed by atoms with van der Waals surface area (Å²) >= 11 is 0. The minimum absolute atomic E-state index is 0.0521. The molecule has 0 spiro atoms. The van der Waals surface area contributed by atoms with Gasteiger partial charge in [0.1, 0.15) is 0 Å². The summed E-state index contributed by atoms with van der Waals surface area (Å²) in [5.74, 6) is 0.0521. The van der Waals surface area contributed by atoms with E-state index in [1.165, 1.54) is 0 Å². The van der Waals surface area contributed by atoms with Crippen LogP contribution in [0.1, 0.15) is 23.7 Å². The average molecular weight is 285 g/mol. The number of nitrogens with zero attached hydrogens (tertiary/aromatic N) is 3. The molecule has 5 heteroatoms. The molecule has 21 heavy (non-hydrogen) atoms. The topological polar surface area (TPSA) is 47.4 Å². The summed E-state index contributed by atoms with van der Waals surface area (Å²) in [4.78, 5) is 14.8. The standard InChI is InChI=1S/C16H19N3O2/c1-2-13-12-21-11-10-18(13)16(20)14-6-3-4-7-15(14)19-9-5-8-17-19/h3-9,13H,2,10-12H2,1H3. The summed E-state index contributed by atoms with van der Waals surface area (Å²) in [5, 5.41) is 4.24. The molecule has 1 aliphatic heterocycles. The Morgan fingerprint density at radius 1 is 1.38 bits per heavy atom. The first-order valence-corrected chi connectivity index (χ1v) is 7.29. The Balaban J connectivity index is 1.94. The van der Waals surface area contributed by atoms with Gasteiger partial charge in [0.15, 0.2) is 0 Å². The van der Waals surface area contributed by atoms with E-state index in [1.807, 2.05) is 41.4 Å². The summed E-state index contributed by atoms with van der Waals surface area (Å²) in [6.45, 7) is 3.95. The van der Waals surface area contributed by atoms with Crippen molar-refractivity contribution in [3.05, 3.63) is 48.3 Å².